The second-order valence-corrected chi connectivity index (χ2v) is 4.01. The first kappa shape index (κ1) is 14.8. The highest BCUT2D eigenvalue weighted by molar-refractivity contribution is 4.60. The fraction of sp³-hybridized carbons (Fsp3) is 1.00. The van der Waals surface area contributed by atoms with E-state index in [-0.39, 0.29) is 0 Å². The van der Waals surface area contributed by atoms with E-state index in [9.17, 15) is 0 Å². The fourth-order valence-corrected chi connectivity index (χ4v) is 1.37. The number of rotatable bonds is 9. The monoisotopic (exact) mass is 216 g/mol. The highest BCUT2D eigenvalue weighted by Crippen LogP contribution is 1.94. The van der Waals surface area contributed by atoms with Gasteiger partial charge in [0.15, 0.2) is 0 Å². The van der Waals surface area contributed by atoms with Gasteiger partial charge in [-0.3, -0.25) is 0 Å². The van der Waals surface area contributed by atoms with Crippen LogP contribution < -0.4 is 10.7 Å². The van der Waals surface area contributed by atoms with Gasteiger partial charge in [-0.15, -0.1) is 0 Å². The minimum Gasteiger partial charge on any atom is -0.301 e. The Morgan fingerprint density at radius 3 is 2.13 bits per heavy atom. The maximum absolute atomic E-state index is 3.49. The zero-order chi connectivity index (χ0) is 11.7. The fourth-order valence-electron chi connectivity index (χ4n) is 1.37. The van der Waals surface area contributed by atoms with Crippen LogP contribution in [0.4, 0.5) is 0 Å². The van der Waals surface area contributed by atoms with Gasteiger partial charge in [0.05, 0.1) is 6.17 Å². The number of nitrogens with zero attached hydrogens (tertiary/aromatic N) is 2. The lowest BCUT2D eigenvalue weighted by Gasteiger charge is -2.33. The molecule has 0 spiro atoms. The van der Waals surface area contributed by atoms with Crippen LogP contribution in [0.25, 0.3) is 0 Å². The third-order valence-corrected chi connectivity index (χ3v) is 2.27. The number of hydrogen-bond acceptors (Lipinski definition) is 4. The smallest absolute Gasteiger partial charge is 0.0717 e. The molecule has 4 nitrogen and oxygen atoms in total. The molecule has 0 aliphatic carbocycles. The number of nitrogens with one attached hydrogen (secondary N) is 2. The Morgan fingerprint density at radius 1 is 1.07 bits per heavy atom. The lowest BCUT2D eigenvalue weighted by Crippen LogP contribution is -2.56. The molecular formula is C11H28N4. The summed E-state index contributed by atoms with van der Waals surface area (Å²) in [6, 6.07) is 0. The molecule has 0 aromatic heterocycles. The lowest BCUT2D eigenvalue weighted by molar-refractivity contribution is -0.0463. The molecule has 15 heavy (non-hydrogen) atoms. The molecular weight excluding hydrogens is 188 g/mol. The molecule has 0 aliphatic rings. The van der Waals surface area contributed by atoms with Crippen molar-refractivity contribution >= 4 is 0 Å². The van der Waals surface area contributed by atoms with Crippen LogP contribution in [-0.4, -0.2) is 43.5 Å². The second kappa shape index (κ2) is 9.09. The van der Waals surface area contributed by atoms with Crippen molar-refractivity contribution in [3.05, 3.63) is 0 Å². The minimum atomic E-state index is 0.374. The van der Waals surface area contributed by atoms with E-state index in [1.165, 1.54) is 6.42 Å². The lowest BCUT2D eigenvalue weighted by atomic mass is 10.3. The molecule has 92 valence electrons. The highest BCUT2D eigenvalue weighted by Gasteiger charge is 2.11. The maximum atomic E-state index is 3.49. The Bertz CT molecular complexity index is 139. The van der Waals surface area contributed by atoms with Crippen LogP contribution in [0.1, 0.15) is 40.0 Å². The summed E-state index contributed by atoms with van der Waals surface area (Å²) in [4.78, 5) is 0. The van der Waals surface area contributed by atoms with E-state index >= 15 is 0 Å². The minimum absolute atomic E-state index is 0.374. The summed E-state index contributed by atoms with van der Waals surface area (Å²) < 4.78 is 0. The average molecular weight is 216 g/mol. The number of hydrogen-bond donors (Lipinski definition) is 2. The summed E-state index contributed by atoms with van der Waals surface area (Å²) in [5.41, 5.74) is 3.49. The Morgan fingerprint density at radius 2 is 1.73 bits per heavy atom. The Labute approximate surface area is 94.9 Å². The van der Waals surface area contributed by atoms with Crippen molar-refractivity contribution < 1.29 is 0 Å². The third-order valence-electron chi connectivity index (χ3n) is 2.27. The molecule has 4 heteroatoms. The van der Waals surface area contributed by atoms with Crippen molar-refractivity contribution in [3.63, 3.8) is 0 Å². The quantitative estimate of drug-likeness (QED) is 0.451. The van der Waals surface area contributed by atoms with Crippen LogP contribution in [0.15, 0.2) is 0 Å². The Balaban J connectivity index is 3.97. The molecule has 0 saturated heterocycles. The number of hydrazine groups is 2. The molecule has 1 unspecified atom stereocenters. The van der Waals surface area contributed by atoms with Crippen LogP contribution in [0.2, 0.25) is 0 Å². The van der Waals surface area contributed by atoms with Gasteiger partial charge in [-0.05, 0) is 25.8 Å². The molecule has 0 aromatic rings. The zero-order valence-corrected chi connectivity index (χ0v) is 11.0. The van der Waals surface area contributed by atoms with Gasteiger partial charge in [0.1, 0.15) is 0 Å². The van der Waals surface area contributed by atoms with Crippen LogP contribution in [0, 0.1) is 0 Å². The summed E-state index contributed by atoms with van der Waals surface area (Å²) >= 11 is 0. The van der Waals surface area contributed by atoms with Crippen molar-refractivity contribution in [1.82, 2.24) is 20.9 Å². The van der Waals surface area contributed by atoms with Crippen LogP contribution in [0.5, 0.6) is 0 Å². The molecule has 0 fully saturated rings. The maximum Gasteiger partial charge on any atom is 0.0717 e. The molecule has 0 bridgehead atoms. The van der Waals surface area contributed by atoms with E-state index < -0.39 is 0 Å². The summed E-state index contributed by atoms with van der Waals surface area (Å²) in [7, 11) is 4.13. The van der Waals surface area contributed by atoms with E-state index in [1.54, 1.807) is 0 Å². The van der Waals surface area contributed by atoms with Crippen molar-refractivity contribution in [1.29, 1.82) is 0 Å². The van der Waals surface area contributed by atoms with Gasteiger partial charge in [-0.1, -0.05) is 20.8 Å². The summed E-state index contributed by atoms with van der Waals surface area (Å²) in [6.07, 6.45) is 3.79. The van der Waals surface area contributed by atoms with Gasteiger partial charge in [0, 0.05) is 20.6 Å². The topological polar surface area (TPSA) is 30.5 Å². The van der Waals surface area contributed by atoms with E-state index in [4.69, 9.17) is 0 Å². The molecule has 0 heterocycles. The van der Waals surface area contributed by atoms with Gasteiger partial charge in [0.2, 0.25) is 0 Å². The predicted molar refractivity (Wildman–Crippen MR) is 66.2 cm³/mol. The summed E-state index contributed by atoms with van der Waals surface area (Å²) in [5.74, 6) is 0. The average Bonchev–Trinajstić information content (AvgIpc) is 2.22. The van der Waals surface area contributed by atoms with Gasteiger partial charge < -0.3 is 5.32 Å². The van der Waals surface area contributed by atoms with Crippen molar-refractivity contribution in [3.8, 4) is 0 Å². The first-order chi connectivity index (χ1) is 7.15. The normalized spacial score (nSPS) is 13.8. The van der Waals surface area contributed by atoms with E-state index in [2.05, 4.69) is 55.7 Å². The second-order valence-electron chi connectivity index (χ2n) is 4.01. The SMILES string of the molecule is CCCNC(CC)NN(CCC)N(C)C. The third kappa shape index (κ3) is 6.84. The molecule has 0 rings (SSSR count). The standard InChI is InChI=1S/C11H28N4/c1-6-9-12-11(8-3)13-15(10-7-2)14(4)5/h11-13H,6-10H2,1-5H3. The van der Waals surface area contributed by atoms with Crippen LogP contribution in [-0.2, 0) is 0 Å². The summed E-state index contributed by atoms with van der Waals surface area (Å²) in [5, 5.41) is 7.74. The highest BCUT2D eigenvalue weighted by atomic mass is 15.8. The first-order valence-electron chi connectivity index (χ1n) is 6.09. The summed E-state index contributed by atoms with van der Waals surface area (Å²) in [6.45, 7) is 8.68. The zero-order valence-electron chi connectivity index (χ0n) is 11.0. The van der Waals surface area contributed by atoms with Gasteiger partial charge >= 0.3 is 0 Å². The van der Waals surface area contributed by atoms with Crippen molar-refractivity contribution in [2.45, 2.75) is 46.2 Å². The Hall–Kier alpha value is -0.160. The Kier molecular flexibility index (Phi) is 9.00. The van der Waals surface area contributed by atoms with Gasteiger partial charge in [-0.2, -0.15) is 5.12 Å². The van der Waals surface area contributed by atoms with Crippen molar-refractivity contribution in [2.24, 2.45) is 0 Å². The van der Waals surface area contributed by atoms with E-state index in [0.29, 0.717) is 6.17 Å². The predicted octanol–water partition coefficient (Wildman–Crippen LogP) is 1.42. The molecule has 2 N–H and O–H groups in total. The first-order valence-corrected chi connectivity index (χ1v) is 6.09. The molecule has 1 atom stereocenters. The largest absolute Gasteiger partial charge is 0.301 e. The molecule has 0 amide bonds. The van der Waals surface area contributed by atoms with Gasteiger partial charge in [0.25, 0.3) is 0 Å². The molecule has 0 saturated carbocycles. The van der Waals surface area contributed by atoms with E-state index in [1.807, 2.05) is 0 Å². The molecule has 0 aromatic carbocycles. The van der Waals surface area contributed by atoms with Crippen LogP contribution >= 0.6 is 0 Å². The van der Waals surface area contributed by atoms with E-state index in [0.717, 1.165) is 25.9 Å². The van der Waals surface area contributed by atoms with Crippen LogP contribution in [0.3, 0.4) is 0 Å². The molecule has 0 radical (unpaired) electrons. The van der Waals surface area contributed by atoms with Gasteiger partial charge in [-0.25, -0.2) is 10.4 Å². The van der Waals surface area contributed by atoms with Crippen molar-refractivity contribution in [2.75, 3.05) is 27.2 Å². The molecule has 0 aliphatic heterocycles.